The van der Waals surface area contributed by atoms with Crippen molar-refractivity contribution in [3.05, 3.63) is 17.8 Å². The van der Waals surface area contributed by atoms with Gasteiger partial charge in [0.05, 0.1) is 10.2 Å². The van der Waals surface area contributed by atoms with Crippen molar-refractivity contribution in [2.75, 3.05) is 18.0 Å². The van der Waals surface area contributed by atoms with Gasteiger partial charge < -0.3 is 10.6 Å². The Bertz CT molecular complexity index is 495. The Morgan fingerprint density at radius 1 is 1.50 bits per heavy atom. The van der Waals surface area contributed by atoms with Gasteiger partial charge >= 0.3 is 0 Å². The lowest BCUT2D eigenvalue weighted by atomic mass is 10.2. The van der Waals surface area contributed by atoms with Crippen LogP contribution in [0.5, 0.6) is 0 Å². The average molecular weight is 234 g/mol. The summed E-state index contributed by atoms with van der Waals surface area (Å²) < 4.78 is 1.18. The molecule has 0 radical (unpaired) electrons. The van der Waals surface area contributed by atoms with Gasteiger partial charge in [0, 0.05) is 19.1 Å². The van der Waals surface area contributed by atoms with Gasteiger partial charge in [0.15, 0.2) is 0 Å². The highest BCUT2D eigenvalue weighted by Crippen LogP contribution is 2.32. The van der Waals surface area contributed by atoms with E-state index in [9.17, 15) is 0 Å². The highest BCUT2D eigenvalue weighted by atomic mass is 32.1. The van der Waals surface area contributed by atoms with E-state index in [1.54, 1.807) is 17.7 Å². The highest BCUT2D eigenvalue weighted by Gasteiger charge is 2.26. The standard InChI is InChI=1S/C11H14N4S/c12-6-8-2-1-4-15(8)11-10-9(3-5-16-10)13-7-14-11/h3,5,7-8H,1-2,4,6,12H2. The predicted molar refractivity (Wildman–Crippen MR) is 66.8 cm³/mol. The third kappa shape index (κ3) is 1.47. The first-order chi connectivity index (χ1) is 7.90. The topological polar surface area (TPSA) is 55.0 Å². The molecule has 0 aromatic carbocycles. The Hall–Kier alpha value is -1.20. The molecule has 1 unspecified atom stereocenters. The van der Waals surface area contributed by atoms with Crippen LogP contribution >= 0.6 is 11.3 Å². The third-order valence-electron chi connectivity index (χ3n) is 3.15. The maximum absolute atomic E-state index is 5.80. The molecule has 3 heterocycles. The summed E-state index contributed by atoms with van der Waals surface area (Å²) in [5, 5.41) is 2.07. The second kappa shape index (κ2) is 3.99. The number of thiophene rings is 1. The van der Waals surface area contributed by atoms with Crippen LogP contribution in [0.2, 0.25) is 0 Å². The van der Waals surface area contributed by atoms with E-state index < -0.39 is 0 Å². The van der Waals surface area contributed by atoms with Crippen molar-refractivity contribution in [2.24, 2.45) is 5.73 Å². The average Bonchev–Trinajstić information content (AvgIpc) is 2.96. The molecule has 84 valence electrons. The molecule has 4 nitrogen and oxygen atoms in total. The molecule has 0 aliphatic carbocycles. The Labute approximate surface area is 98.1 Å². The van der Waals surface area contributed by atoms with Crippen LogP contribution < -0.4 is 10.6 Å². The molecule has 0 bridgehead atoms. The zero-order chi connectivity index (χ0) is 11.0. The number of nitrogens with two attached hydrogens (primary N) is 1. The van der Waals surface area contributed by atoms with E-state index in [1.807, 2.05) is 6.07 Å². The molecule has 0 saturated carbocycles. The van der Waals surface area contributed by atoms with Crippen molar-refractivity contribution in [3.8, 4) is 0 Å². The Kier molecular flexibility index (Phi) is 2.49. The van der Waals surface area contributed by atoms with Crippen molar-refractivity contribution >= 4 is 27.4 Å². The van der Waals surface area contributed by atoms with Crippen LogP contribution in [0.1, 0.15) is 12.8 Å². The van der Waals surface area contributed by atoms with Gasteiger partial charge in [-0.1, -0.05) is 0 Å². The summed E-state index contributed by atoms with van der Waals surface area (Å²) in [7, 11) is 0. The summed E-state index contributed by atoms with van der Waals surface area (Å²) in [5.74, 6) is 1.06. The summed E-state index contributed by atoms with van der Waals surface area (Å²) in [4.78, 5) is 11.0. The number of fused-ring (bicyclic) bond motifs is 1. The van der Waals surface area contributed by atoms with E-state index in [2.05, 4.69) is 20.2 Å². The molecular formula is C11H14N4S. The van der Waals surface area contributed by atoms with Crippen molar-refractivity contribution in [2.45, 2.75) is 18.9 Å². The van der Waals surface area contributed by atoms with Gasteiger partial charge in [0.1, 0.15) is 12.1 Å². The minimum Gasteiger partial charge on any atom is -0.351 e. The molecule has 1 aliphatic rings. The number of anilines is 1. The lowest BCUT2D eigenvalue weighted by Crippen LogP contribution is -2.35. The van der Waals surface area contributed by atoms with E-state index in [0.29, 0.717) is 12.6 Å². The van der Waals surface area contributed by atoms with Gasteiger partial charge in [0.25, 0.3) is 0 Å². The predicted octanol–water partition coefficient (Wildman–Crippen LogP) is 1.62. The lowest BCUT2D eigenvalue weighted by Gasteiger charge is -2.24. The molecule has 0 spiro atoms. The molecule has 0 amide bonds. The third-order valence-corrected chi connectivity index (χ3v) is 4.05. The van der Waals surface area contributed by atoms with Gasteiger partial charge in [-0.3, -0.25) is 0 Å². The fourth-order valence-electron chi connectivity index (χ4n) is 2.34. The van der Waals surface area contributed by atoms with Crippen LogP contribution in [-0.4, -0.2) is 29.1 Å². The van der Waals surface area contributed by atoms with Gasteiger partial charge in [-0.2, -0.15) is 0 Å². The molecule has 1 saturated heterocycles. The number of aromatic nitrogens is 2. The summed E-state index contributed by atoms with van der Waals surface area (Å²) in [6.45, 7) is 1.77. The maximum atomic E-state index is 5.80. The van der Waals surface area contributed by atoms with E-state index in [0.717, 1.165) is 17.9 Å². The van der Waals surface area contributed by atoms with Crippen LogP contribution in [-0.2, 0) is 0 Å². The van der Waals surface area contributed by atoms with Crippen molar-refractivity contribution < 1.29 is 0 Å². The number of rotatable bonds is 2. The van der Waals surface area contributed by atoms with Crippen LogP contribution in [0.4, 0.5) is 5.82 Å². The first kappa shape index (κ1) is 9.99. The van der Waals surface area contributed by atoms with Gasteiger partial charge in [-0.05, 0) is 24.3 Å². The molecule has 2 aromatic heterocycles. The normalized spacial score (nSPS) is 20.8. The van der Waals surface area contributed by atoms with Crippen LogP contribution in [0.15, 0.2) is 17.8 Å². The smallest absolute Gasteiger partial charge is 0.150 e. The molecule has 2 aromatic rings. The molecule has 1 aliphatic heterocycles. The number of nitrogens with zero attached hydrogens (tertiary/aromatic N) is 3. The summed E-state index contributed by atoms with van der Waals surface area (Å²) in [5.41, 5.74) is 6.84. The quantitative estimate of drug-likeness (QED) is 0.858. The largest absolute Gasteiger partial charge is 0.351 e. The second-order valence-corrected chi connectivity index (χ2v) is 4.97. The van der Waals surface area contributed by atoms with Gasteiger partial charge in [-0.25, -0.2) is 9.97 Å². The van der Waals surface area contributed by atoms with E-state index >= 15 is 0 Å². The Morgan fingerprint density at radius 2 is 2.44 bits per heavy atom. The van der Waals surface area contributed by atoms with Crippen LogP contribution in [0, 0.1) is 0 Å². The summed E-state index contributed by atoms with van der Waals surface area (Å²) >= 11 is 1.71. The summed E-state index contributed by atoms with van der Waals surface area (Å²) in [6.07, 6.45) is 4.03. The first-order valence-corrected chi connectivity index (χ1v) is 6.43. The molecule has 1 fully saturated rings. The van der Waals surface area contributed by atoms with Crippen LogP contribution in [0.3, 0.4) is 0 Å². The zero-order valence-electron chi connectivity index (χ0n) is 8.97. The fourth-order valence-corrected chi connectivity index (χ4v) is 3.19. The van der Waals surface area contributed by atoms with Gasteiger partial charge in [-0.15, -0.1) is 11.3 Å². The minimum atomic E-state index is 0.445. The van der Waals surface area contributed by atoms with Gasteiger partial charge in [0.2, 0.25) is 0 Å². The van der Waals surface area contributed by atoms with Crippen LogP contribution in [0.25, 0.3) is 10.2 Å². The first-order valence-electron chi connectivity index (χ1n) is 5.55. The highest BCUT2D eigenvalue weighted by molar-refractivity contribution is 7.17. The zero-order valence-corrected chi connectivity index (χ0v) is 9.78. The monoisotopic (exact) mass is 234 g/mol. The Morgan fingerprint density at radius 3 is 3.31 bits per heavy atom. The molecule has 3 rings (SSSR count). The molecule has 2 N–H and O–H groups in total. The number of hydrogen-bond acceptors (Lipinski definition) is 5. The van der Waals surface area contributed by atoms with E-state index in [1.165, 1.54) is 17.5 Å². The molecule has 1 atom stereocenters. The Balaban J connectivity index is 2.07. The SMILES string of the molecule is NCC1CCCN1c1ncnc2ccsc12. The maximum Gasteiger partial charge on any atom is 0.150 e. The van der Waals surface area contributed by atoms with Crippen molar-refractivity contribution in [1.29, 1.82) is 0 Å². The fraction of sp³-hybridized carbons (Fsp3) is 0.455. The minimum absolute atomic E-state index is 0.445. The van der Waals surface area contributed by atoms with E-state index in [-0.39, 0.29) is 0 Å². The molecule has 5 heteroatoms. The lowest BCUT2D eigenvalue weighted by molar-refractivity contribution is 0.673. The van der Waals surface area contributed by atoms with Crippen molar-refractivity contribution in [1.82, 2.24) is 9.97 Å². The molecule has 16 heavy (non-hydrogen) atoms. The second-order valence-electron chi connectivity index (χ2n) is 4.06. The van der Waals surface area contributed by atoms with E-state index in [4.69, 9.17) is 5.73 Å². The van der Waals surface area contributed by atoms with Crippen molar-refractivity contribution in [3.63, 3.8) is 0 Å². The molecular weight excluding hydrogens is 220 g/mol. The number of hydrogen-bond donors (Lipinski definition) is 1. The summed E-state index contributed by atoms with van der Waals surface area (Å²) in [6, 6.07) is 2.49.